The Morgan fingerprint density at radius 3 is 2.42 bits per heavy atom. The number of amides is 1. The molecule has 1 aromatic heterocycles. The maximum Gasteiger partial charge on any atom is 0.283 e. The average Bonchev–Trinajstić information content (AvgIpc) is 3.22. The van der Waals surface area contributed by atoms with Gasteiger partial charge < -0.3 is 18.8 Å². The maximum absolute atomic E-state index is 12.5. The van der Waals surface area contributed by atoms with Gasteiger partial charge in [0, 0.05) is 36.6 Å². The molecule has 1 heterocycles. The number of carbonyl (C=O) groups is 1. The van der Waals surface area contributed by atoms with Crippen molar-refractivity contribution in [2.45, 2.75) is 10.1 Å². The van der Waals surface area contributed by atoms with Gasteiger partial charge in [-0.2, -0.15) is 5.10 Å². The zero-order valence-electron chi connectivity index (χ0n) is 18.3. The summed E-state index contributed by atoms with van der Waals surface area (Å²) in [5.41, 5.74) is 2.96. The van der Waals surface area contributed by atoms with Crippen molar-refractivity contribution in [3.8, 4) is 17.2 Å². The number of nitrogens with zero attached hydrogens (tertiary/aromatic N) is 4. The molecule has 33 heavy (non-hydrogen) atoms. The lowest BCUT2D eigenvalue weighted by atomic mass is 10.1. The lowest BCUT2D eigenvalue weighted by Crippen LogP contribution is -2.18. The second kappa shape index (κ2) is 10.5. The number of nitro benzene ring substituents is 1. The minimum absolute atomic E-state index is 0.0945. The molecule has 0 aliphatic heterocycles. The molecule has 0 aliphatic carbocycles. The molecule has 1 amide bonds. The Labute approximate surface area is 193 Å². The summed E-state index contributed by atoms with van der Waals surface area (Å²) in [5, 5.41) is 16.1. The normalized spacial score (nSPS) is 10.8. The fourth-order valence-corrected chi connectivity index (χ4v) is 3.72. The van der Waals surface area contributed by atoms with E-state index in [0.717, 1.165) is 0 Å². The first-order valence-electron chi connectivity index (χ1n) is 9.45. The molecule has 3 rings (SSSR count). The molecule has 172 valence electrons. The van der Waals surface area contributed by atoms with Gasteiger partial charge in [0.25, 0.3) is 11.6 Å². The third-order valence-corrected chi connectivity index (χ3v) is 5.61. The van der Waals surface area contributed by atoms with E-state index in [4.69, 9.17) is 14.2 Å². The van der Waals surface area contributed by atoms with Crippen LogP contribution in [0.2, 0.25) is 0 Å². The zero-order valence-corrected chi connectivity index (χ0v) is 19.1. The number of carbonyl (C=O) groups excluding carboxylic acids is 1. The smallest absolute Gasteiger partial charge is 0.283 e. The lowest BCUT2D eigenvalue weighted by Gasteiger charge is -2.13. The van der Waals surface area contributed by atoms with Crippen LogP contribution in [-0.4, -0.2) is 47.9 Å². The first-order chi connectivity index (χ1) is 15.9. The first kappa shape index (κ1) is 23.6. The van der Waals surface area contributed by atoms with E-state index >= 15 is 0 Å². The van der Waals surface area contributed by atoms with Crippen LogP contribution in [0, 0.1) is 10.1 Å². The van der Waals surface area contributed by atoms with Gasteiger partial charge in [-0.15, -0.1) is 0 Å². The molecule has 0 radical (unpaired) electrons. The minimum atomic E-state index is -0.526. The third kappa shape index (κ3) is 5.41. The largest absolute Gasteiger partial charge is 0.493 e. The summed E-state index contributed by atoms with van der Waals surface area (Å²) in [5.74, 6) is 0.475. The van der Waals surface area contributed by atoms with Gasteiger partial charge >= 0.3 is 0 Å². The van der Waals surface area contributed by atoms with Crippen LogP contribution in [-0.2, 0) is 7.05 Å². The molecule has 0 unspecified atom stereocenters. The van der Waals surface area contributed by atoms with Gasteiger partial charge in [0.05, 0.1) is 37.4 Å². The Balaban J connectivity index is 1.77. The lowest BCUT2D eigenvalue weighted by molar-refractivity contribution is -0.387. The Morgan fingerprint density at radius 2 is 1.88 bits per heavy atom. The summed E-state index contributed by atoms with van der Waals surface area (Å²) in [7, 11) is 6.16. The third-order valence-electron chi connectivity index (χ3n) is 4.46. The molecule has 0 fully saturated rings. The van der Waals surface area contributed by atoms with Crippen LogP contribution in [0.5, 0.6) is 17.2 Å². The van der Waals surface area contributed by atoms with Gasteiger partial charge in [0.15, 0.2) is 16.7 Å². The van der Waals surface area contributed by atoms with Crippen molar-refractivity contribution in [3.05, 3.63) is 64.0 Å². The Morgan fingerprint density at radius 1 is 1.18 bits per heavy atom. The second-order valence-electron chi connectivity index (χ2n) is 6.52. The summed E-state index contributed by atoms with van der Waals surface area (Å²) in [6.45, 7) is 0. The van der Waals surface area contributed by atoms with Crippen LogP contribution in [0.3, 0.4) is 0 Å². The molecule has 11 nitrogen and oxygen atoms in total. The van der Waals surface area contributed by atoms with E-state index < -0.39 is 10.8 Å². The summed E-state index contributed by atoms with van der Waals surface area (Å²) in [6.07, 6.45) is 4.69. The average molecular weight is 471 g/mol. The molecule has 2 aromatic carbocycles. The summed E-state index contributed by atoms with van der Waals surface area (Å²) in [4.78, 5) is 28.2. The number of imidazole rings is 1. The predicted molar refractivity (Wildman–Crippen MR) is 122 cm³/mol. The fraction of sp³-hybridized carbons (Fsp3) is 0.190. The Kier molecular flexibility index (Phi) is 7.51. The topological polar surface area (TPSA) is 130 Å². The number of methoxy groups -OCH3 is 3. The Hall–Kier alpha value is -4.06. The number of nitro groups is 1. The van der Waals surface area contributed by atoms with Crippen molar-refractivity contribution in [2.75, 3.05) is 21.3 Å². The number of hydrazone groups is 1. The Bertz CT molecular complexity index is 1180. The number of benzene rings is 2. The van der Waals surface area contributed by atoms with E-state index in [2.05, 4.69) is 15.5 Å². The molecule has 0 bridgehead atoms. The van der Waals surface area contributed by atoms with E-state index in [1.807, 2.05) is 0 Å². The van der Waals surface area contributed by atoms with Crippen molar-refractivity contribution in [1.29, 1.82) is 0 Å². The molecule has 0 saturated carbocycles. The van der Waals surface area contributed by atoms with Gasteiger partial charge in [-0.3, -0.25) is 14.9 Å². The summed E-state index contributed by atoms with van der Waals surface area (Å²) < 4.78 is 17.5. The molecule has 0 aliphatic rings. The molecule has 1 N–H and O–H groups in total. The van der Waals surface area contributed by atoms with E-state index in [9.17, 15) is 14.9 Å². The zero-order chi connectivity index (χ0) is 24.0. The quantitative estimate of drug-likeness (QED) is 0.286. The van der Waals surface area contributed by atoms with E-state index in [0.29, 0.717) is 32.9 Å². The van der Waals surface area contributed by atoms with Gasteiger partial charge in [-0.05, 0) is 30.0 Å². The van der Waals surface area contributed by atoms with E-state index in [1.54, 1.807) is 36.1 Å². The van der Waals surface area contributed by atoms with Crippen LogP contribution in [0.25, 0.3) is 0 Å². The van der Waals surface area contributed by atoms with Gasteiger partial charge in [-0.25, -0.2) is 10.4 Å². The standard InChI is InChI=1S/C21H21N5O6S/c1-25-8-7-22-21(25)33-18-6-5-13(9-15(18)26(28)29)12-23-24-20(27)14-10-16(30-2)19(32-4)17(11-14)31-3/h5-12H,1-4H3,(H,24,27)/b23-12-. The van der Waals surface area contributed by atoms with Crippen molar-refractivity contribution >= 4 is 29.6 Å². The number of nitrogens with one attached hydrogen (secondary N) is 1. The van der Waals surface area contributed by atoms with Crippen LogP contribution < -0.4 is 19.6 Å². The molecule has 0 saturated heterocycles. The van der Waals surface area contributed by atoms with Crippen LogP contribution in [0.4, 0.5) is 5.69 Å². The highest BCUT2D eigenvalue weighted by atomic mass is 32.2. The maximum atomic E-state index is 12.5. The van der Waals surface area contributed by atoms with Crippen LogP contribution in [0.1, 0.15) is 15.9 Å². The van der Waals surface area contributed by atoms with Crippen LogP contribution in [0.15, 0.2) is 57.9 Å². The number of aromatic nitrogens is 2. The molecule has 3 aromatic rings. The molecule has 12 heteroatoms. The first-order valence-corrected chi connectivity index (χ1v) is 10.3. The second-order valence-corrected chi connectivity index (χ2v) is 7.53. The highest BCUT2D eigenvalue weighted by Crippen LogP contribution is 2.38. The summed E-state index contributed by atoms with van der Waals surface area (Å²) >= 11 is 1.18. The van der Waals surface area contributed by atoms with E-state index in [-0.39, 0.29) is 11.3 Å². The summed E-state index contributed by atoms with van der Waals surface area (Å²) in [6, 6.07) is 7.62. The number of ether oxygens (including phenoxy) is 3. The number of rotatable bonds is 9. The fourth-order valence-electron chi connectivity index (χ4n) is 2.83. The number of aryl methyl sites for hydroxylation is 1. The van der Waals surface area contributed by atoms with Gasteiger partial charge in [0.1, 0.15) is 0 Å². The number of hydrogen-bond acceptors (Lipinski definition) is 9. The van der Waals surface area contributed by atoms with Crippen molar-refractivity contribution in [3.63, 3.8) is 0 Å². The highest BCUT2D eigenvalue weighted by Gasteiger charge is 2.18. The van der Waals surface area contributed by atoms with Gasteiger partial charge in [-0.1, -0.05) is 6.07 Å². The monoisotopic (exact) mass is 471 g/mol. The predicted octanol–water partition coefficient (Wildman–Crippen LogP) is 3.27. The van der Waals surface area contributed by atoms with Gasteiger partial charge in [0.2, 0.25) is 5.75 Å². The van der Waals surface area contributed by atoms with Crippen LogP contribution >= 0.6 is 11.8 Å². The minimum Gasteiger partial charge on any atom is -0.493 e. The molecule has 0 atom stereocenters. The molecular weight excluding hydrogens is 450 g/mol. The van der Waals surface area contributed by atoms with Crippen molar-refractivity contribution < 1.29 is 23.9 Å². The van der Waals surface area contributed by atoms with E-state index in [1.165, 1.54) is 57.5 Å². The van der Waals surface area contributed by atoms with Crippen molar-refractivity contribution in [2.24, 2.45) is 12.1 Å². The molecular formula is C21H21N5O6S. The molecule has 0 spiro atoms. The van der Waals surface area contributed by atoms with Crippen molar-refractivity contribution in [1.82, 2.24) is 15.0 Å². The highest BCUT2D eigenvalue weighted by molar-refractivity contribution is 7.99. The SMILES string of the molecule is COc1cc(C(=O)N/N=C\c2ccc(Sc3nccn3C)c([N+](=O)[O-])c2)cc(OC)c1OC. The number of hydrogen-bond donors (Lipinski definition) is 1.